The van der Waals surface area contributed by atoms with Gasteiger partial charge in [-0.25, -0.2) is 27.9 Å². The summed E-state index contributed by atoms with van der Waals surface area (Å²) in [6.45, 7) is 0.0139. The van der Waals surface area contributed by atoms with Crippen LogP contribution in [0.2, 0.25) is 0 Å². The molecule has 16 heteroatoms. The van der Waals surface area contributed by atoms with E-state index in [9.17, 15) is 36.8 Å². The van der Waals surface area contributed by atoms with Gasteiger partial charge in [0.05, 0.1) is 34.2 Å². The maximum Gasteiger partial charge on any atom is 0.405 e. The molecular formula is C26H17F5N8O2S. The highest BCUT2D eigenvalue weighted by Crippen LogP contribution is 2.30. The van der Waals surface area contributed by atoms with Crippen LogP contribution in [0.15, 0.2) is 58.4 Å². The summed E-state index contributed by atoms with van der Waals surface area (Å²) in [5, 5.41) is 14.3. The number of benzene rings is 2. The fourth-order valence-electron chi connectivity index (χ4n) is 4.00. The van der Waals surface area contributed by atoms with Crippen molar-refractivity contribution in [3.05, 3.63) is 98.1 Å². The van der Waals surface area contributed by atoms with Crippen molar-refractivity contribution in [1.29, 1.82) is 5.26 Å². The highest BCUT2D eigenvalue weighted by molar-refractivity contribution is 7.22. The molecule has 5 aromatic rings. The van der Waals surface area contributed by atoms with Crippen LogP contribution >= 0.6 is 11.3 Å². The van der Waals surface area contributed by atoms with E-state index in [1.165, 1.54) is 36.7 Å². The second-order valence-electron chi connectivity index (χ2n) is 8.99. The molecule has 0 unspecified atom stereocenters. The summed E-state index contributed by atoms with van der Waals surface area (Å²) in [6, 6.07) is 9.52. The van der Waals surface area contributed by atoms with E-state index in [4.69, 9.17) is 0 Å². The SMILES string of the molecule is Cc1cncc(-n2c(=O)nc(Nc3ccc4nc(NCC(F)(F)F)sc4c3)n(Cc3cc(F)c(F)c(C#N)c3)c2=O)c1. The molecule has 2 N–H and O–H groups in total. The Kier molecular flexibility index (Phi) is 7.44. The molecule has 0 radical (unpaired) electrons. The lowest BCUT2D eigenvalue weighted by Crippen LogP contribution is -2.41. The smallest absolute Gasteiger partial charge is 0.352 e. The lowest BCUT2D eigenvalue weighted by molar-refractivity contribution is -0.115. The van der Waals surface area contributed by atoms with Crippen LogP contribution in [0, 0.1) is 29.9 Å². The van der Waals surface area contributed by atoms with E-state index in [1.807, 2.05) is 0 Å². The van der Waals surface area contributed by atoms with Gasteiger partial charge in [-0.2, -0.15) is 23.4 Å². The first-order chi connectivity index (χ1) is 19.9. The summed E-state index contributed by atoms with van der Waals surface area (Å²) in [6.07, 6.45) is -1.64. The molecule has 0 saturated heterocycles. The summed E-state index contributed by atoms with van der Waals surface area (Å²) in [4.78, 5) is 38.8. The van der Waals surface area contributed by atoms with E-state index in [0.29, 0.717) is 21.5 Å². The van der Waals surface area contributed by atoms with Crippen molar-refractivity contribution in [3.8, 4) is 11.8 Å². The van der Waals surface area contributed by atoms with Crippen molar-refractivity contribution < 1.29 is 22.0 Å². The topological polar surface area (TPSA) is 131 Å². The molecule has 3 aromatic heterocycles. The minimum atomic E-state index is -4.43. The first-order valence-electron chi connectivity index (χ1n) is 11.9. The van der Waals surface area contributed by atoms with Gasteiger partial charge in [-0.15, -0.1) is 0 Å². The average molecular weight is 601 g/mol. The molecule has 0 aliphatic heterocycles. The zero-order valence-electron chi connectivity index (χ0n) is 21.3. The Morgan fingerprint density at radius 3 is 2.57 bits per heavy atom. The highest BCUT2D eigenvalue weighted by atomic mass is 32.1. The fraction of sp³-hybridized carbons (Fsp3) is 0.154. The highest BCUT2D eigenvalue weighted by Gasteiger charge is 2.27. The van der Waals surface area contributed by atoms with Crippen molar-refractivity contribution in [3.63, 3.8) is 0 Å². The van der Waals surface area contributed by atoms with Gasteiger partial charge in [0.25, 0.3) is 0 Å². The van der Waals surface area contributed by atoms with E-state index in [0.717, 1.165) is 32.6 Å². The first-order valence-corrected chi connectivity index (χ1v) is 12.8. The first kappa shape index (κ1) is 28.4. The Morgan fingerprint density at radius 1 is 1.07 bits per heavy atom. The number of thiazole rings is 1. The van der Waals surface area contributed by atoms with Gasteiger partial charge in [0.1, 0.15) is 12.6 Å². The molecule has 5 rings (SSSR count). The predicted octanol–water partition coefficient (Wildman–Crippen LogP) is 4.62. The van der Waals surface area contributed by atoms with Gasteiger partial charge in [0.2, 0.25) is 5.95 Å². The number of aryl methyl sites for hydroxylation is 1. The Hall–Kier alpha value is -5.17. The third kappa shape index (κ3) is 5.95. The summed E-state index contributed by atoms with van der Waals surface area (Å²) in [5.41, 5.74) is -0.956. The number of fused-ring (bicyclic) bond motifs is 1. The van der Waals surface area contributed by atoms with Crippen molar-refractivity contribution in [2.45, 2.75) is 19.6 Å². The summed E-state index contributed by atoms with van der Waals surface area (Å²) in [7, 11) is 0. The monoisotopic (exact) mass is 600 g/mol. The molecule has 42 heavy (non-hydrogen) atoms. The Bertz CT molecular complexity index is 1990. The molecule has 0 aliphatic rings. The minimum Gasteiger partial charge on any atom is -0.352 e. The van der Waals surface area contributed by atoms with Gasteiger partial charge >= 0.3 is 17.6 Å². The molecular weight excluding hydrogens is 583 g/mol. The summed E-state index contributed by atoms with van der Waals surface area (Å²) >= 11 is 0.952. The number of pyridine rings is 1. The van der Waals surface area contributed by atoms with Crippen molar-refractivity contribution >= 4 is 38.3 Å². The van der Waals surface area contributed by atoms with Crippen LogP contribution in [0.3, 0.4) is 0 Å². The van der Waals surface area contributed by atoms with Gasteiger partial charge < -0.3 is 10.6 Å². The van der Waals surface area contributed by atoms with E-state index < -0.39 is 47.8 Å². The number of halogens is 5. The zero-order valence-corrected chi connectivity index (χ0v) is 22.1. The number of nitrogens with one attached hydrogen (secondary N) is 2. The van der Waals surface area contributed by atoms with E-state index >= 15 is 0 Å². The van der Waals surface area contributed by atoms with E-state index in [1.54, 1.807) is 13.0 Å². The molecule has 2 aromatic carbocycles. The summed E-state index contributed by atoms with van der Waals surface area (Å²) in [5.74, 6) is -2.92. The number of hydrogen-bond acceptors (Lipinski definition) is 9. The lowest BCUT2D eigenvalue weighted by atomic mass is 10.1. The molecule has 0 bridgehead atoms. The largest absolute Gasteiger partial charge is 0.405 e. The van der Waals surface area contributed by atoms with Crippen LogP contribution in [-0.4, -0.2) is 36.8 Å². The maximum absolute atomic E-state index is 14.2. The van der Waals surface area contributed by atoms with Gasteiger partial charge in [-0.05, 0) is 54.4 Å². The normalized spacial score (nSPS) is 11.5. The van der Waals surface area contributed by atoms with Crippen LogP contribution in [-0.2, 0) is 6.54 Å². The van der Waals surface area contributed by atoms with Crippen LogP contribution in [0.1, 0.15) is 16.7 Å². The number of rotatable bonds is 7. The molecule has 3 heterocycles. The number of alkyl halides is 3. The average Bonchev–Trinajstić information content (AvgIpc) is 3.33. The van der Waals surface area contributed by atoms with Gasteiger partial charge in [-0.1, -0.05) is 11.3 Å². The van der Waals surface area contributed by atoms with Crippen LogP contribution in [0.25, 0.3) is 15.9 Å². The maximum atomic E-state index is 14.2. The number of hydrogen-bond donors (Lipinski definition) is 2. The van der Waals surface area contributed by atoms with Crippen LogP contribution in [0.4, 0.5) is 38.7 Å². The standard InChI is InChI=1S/C26H17F5N8O2S/c1-13-4-17(10-33-9-13)39-24(40)37-22(38(25(39)41)11-14-5-15(8-32)21(28)18(27)6-14)35-16-2-3-19-20(7-16)42-23(36-19)34-12-26(29,30)31/h2-7,9-10H,11-12H2,1H3,(H,34,36)(H,35,37,40). The number of anilines is 3. The fourth-order valence-corrected chi connectivity index (χ4v) is 4.90. The van der Waals surface area contributed by atoms with Crippen molar-refractivity contribution in [1.82, 2.24) is 24.1 Å². The van der Waals surface area contributed by atoms with E-state index in [-0.39, 0.29) is 22.3 Å². The molecule has 0 saturated carbocycles. The molecule has 0 atom stereocenters. The zero-order chi connectivity index (χ0) is 30.2. The Balaban J connectivity index is 1.59. The second-order valence-corrected chi connectivity index (χ2v) is 10.0. The number of nitriles is 1. The third-order valence-electron chi connectivity index (χ3n) is 5.82. The van der Waals surface area contributed by atoms with Gasteiger partial charge in [0, 0.05) is 11.9 Å². The van der Waals surface area contributed by atoms with Crippen molar-refractivity contribution in [2.24, 2.45) is 0 Å². The lowest BCUT2D eigenvalue weighted by Gasteiger charge is -2.16. The van der Waals surface area contributed by atoms with Gasteiger partial charge in [0.15, 0.2) is 16.8 Å². The molecule has 0 amide bonds. The second kappa shape index (κ2) is 11.0. The molecule has 0 spiro atoms. The molecule has 10 nitrogen and oxygen atoms in total. The van der Waals surface area contributed by atoms with Crippen LogP contribution < -0.4 is 22.0 Å². The van der Waals surface area contributed by atoms with E-state index in [2.05, 4.69) is 25.6 Å². The Morgan fingerprint density at radius 2 is 1.86 bits per heavy atom. The van der Waals surface area contributed by atoms with Gasteiger partial charge in [-0.3, -0.25) is 9.55 Å². The third-order valence-corrected chi connectivity index (χ3v) is 6.80. The predicted molar refractivity (Wildman–Crippen MR) is 144 cm³/mol. The minimum absolute atomic E-state index is 0.0308. The molecule has 0 fully saturated rings. The Labute approximate surface area is 236 Å². The van der Waals surface area contributed by atoms with Crippen molar-refractivity contribution in [2.75, 3.05) is 17.2 Å². The number of nitrogens with zero attached hydrogens (tertiary/aromatic N) is 6. The summed E-state index contributed by atoms with van der Waals surface area (Å²) < 4.78 is 68.2. The molecule has 0 aliphatic carbocycles. The molecule has 214 valence electrons. The quantitative estimate of drug-likeness (QED) is 0.259. The van der Waals surface area contributed by atoms with Crippen LogP contribution in [0.5, 0.6) is 0 Å². The number of aromatic nitrogens is 5.